The summed E-state index contributed by atoms with van der Waals surface area (Å²) in [6.45, 7) is 1.05. The number of aliphatic hydroxyl groups excluding tert-OH is 1. The van der Waals surface area contributed by atoms with E-state index in [0.29, 0.717) is 28.6 Å². The molecule has 1 fully saturated rings. The number of aliphatic hydroxyl groups is 1. The van der Waals surface area contributed by atoms with Crippen LogP contribution in [0.2, 0.25) is 0 Å². The Labute approximate surface area is 131 Å². The van der Waals surface area contributed by atoms with Crippen LogP contribution in [0.25, 0.3) is 0 Å². The van der Waals surface area contributed by atoms with Gasteiger partial charge in [-0.1, -0.05) is 0 Å². The van der Waals surface area contributed by atoms with Crippen molar-refractivity contribution in [2.75, 3.05) is 27.2 Å². The molecule has 0 aromatic heterocycles. The van der Waals surface area contributed by atoms with Crippen molar-refractivity contribution in [2.45, 2.75) is 18.6 Å². The Bertz CT molecular complexity index is 510. The fraction of sp³-hybridized carbons (Fsp3) is 0.500. The highest BCUT2D eigenvalue weighted by molar-refractivity contribution is 14.1. The summed E-state index contributed by atoms with van der Waals surface area (Å²) in [7, 11) is 3.88. The van der Waals surface area contributed by atoms with Gasteiger partial charge in [-0.3, -0.25) is 4.79 Å². The van der Waals surface area contributed by atoms with Crippen LogP contribution in [-0.2, 0) is 0 Å². The molecule has 0 aliphatic carbocycles. The lowest BCUT2D eigenvalue weighted by molar-refractivity contribution is 0.0698. The first-order valence-corrected chi connectivity index (χ1v) is 7.55. The van der Waals surface area contributed by atoms with E-state index >= 15 is 0 Å². The molecule has 1 aromatic rings. The molecule has 2 rings (SSSR count). The SMILES string of the molecule is CN(C)CC1CC(O)CN1C(=O)c1ccc(F)cc1I. The van der Waals surface area contributed by atoms with Gasteiger partial charge in [0.15, 0.2) is 0 Å². The summed E-state index contributed by atoms with van der Waals surface area (Å²) in [6.07, 6.45) is 0.101. The molecule has 0 spiro atoms. The Kier molecular flexibility index (Phi) is 4.98. The maximum absolute atomic E-state index is 13.1. The van der Waals surface area contributed by atoms with E-state index in [1.54, 1.807) is 4.90 Å². The number of carbonyl (C=O) groups is 1. The number of benzene rings is 1. The monoisotopic (exact) mass is 392 g/mol. The molecule has 0 saturated carbocycles. The Hall–Kier alpha value is -0.730. The van der Waals surface area contributed by atoms with Crippen molar-refractivity contribution in [1.82, 2.24) is 9.80 Å². The van der Waals surface area contributed by atoms with Gasteiger partial charge in [-0.25, -0.2) is 4.39 Å². The third-order valence-electron chi connectivity index (χ3n) is 3.39. The molecule has 2 unspecified atom stereocenters. The van der Waals surface area contributed by atoms with Crippen molar-refractivity contribution >= 4 is 28.5 Å². The number of halogens is 2. The van der Waals surface area contributed by atoms with Gasteiger partial charge in [0.1, 0.15) is 5.82 Å². The van der Waals surface area contributed by atoms with Crippen LogP contribution in [-0.4, -0.2) is 60.1 Å². The topological polar surface area (TPSA) is 43.8 Å². The molecule has 4 nitrogen and oxygen atoms in total. The zero-order chi connectivity index (χ0) is 14.9. The second-order valence-electron chi connectivity index (χ2n) is 5.39. The first-order chi connectivity index (χ1) is 9.38. The summed E-state index contributed by atoms with van der Waals surface area (Å²) >= 11 is 1.97. The normalized spacial score (nSPS) is 22.6. The molecule has 1 heterocycles. The molecule has 110 valence electrons. The Morgan fingerprint density at radius 3 is 2.85 bits per heavy atom. The number of hydrogen-bond donors (Lipinski definition) is 1. The predicted molar refractivity (Wildman–Crippen MR) is 83.1 cm³/mol. The van der Waals surface area contributed by atoms with Crippen molar-refractivity contribution in [3.63, 3.8) is 0 Å². The van der Waals surface area contributed by atoms with Gasteiger partial charge in [0.2, 0.25) is 0 Å². The van der Waals surface area contributed by atoms with E-state index in [1.807, 2.05) is 41.6 Å². The smallest absolute Gasteiger partial charge is 0.255 e. The highest BCUT2D eigenvalue weighted by atomic mass is 127. The number of amides is 1. The number of rotatable bonds is 3. The number of likely N-dealkylation sites (tertiary alicyclic amines) is 1. The van der Waals surface area contributed by atoms with Crippen LogP contribution in [0.5, 0.6) is 0 Å². The van der Waals surface area contributed by atoms with Crippen LogP contribution in [0.1, 0.15) is 16.8 Å². The van der Waals surface area contributed by atoms with Gasteiger partial charge in [-0.15, -0.1) is 0 Å². The van der Waals surface area contributed by atoms with Crippen LogP contribution in [0.3, 0.4) is 0 Å². The molecule has 6 heteroatoms. The highest BCUT2D eigenvalue weighted by Crippen LogP contribution is 2.23. The molecule has 0 radical (unpaired) electrons. The van der Waals surface area contributed by atoms with Crippen molar-refractivity contribution in [3.05, 3.63) is 33.1 Å². The summed E-state index contributed by atoms with van der Waals surface area (Å²) in [5.41, 5.74) is 0.491. The number of likely N-dealkylation sites (N-methyl/N-ethyl adjacent to an activating group) is 1. The fourth-order valence-corrected chi connectivity index (χ4v) is 3.26. The Morgan fingerprint density at radius 2 is 2.25 bits per heavy atom. The second-order valence-corrected chi connectivity index (χ2v) is 6.55. The minimum absolute atomic E-state index is 0.00615. The van der Waals surface area contributed by atoms with Crippen molar-refractivity contribution in [1.29, 1.82) is 0 Å². The molecular weight excluding hydrogens is 374 g/mol. The molecule has 1 saturated heterocycles. The summed E-state index contributed by atoms with van der Waals surface area (Å²) < 4.78 is 13.7. The first kappa shape index (κ1) is 15.7. The first-order valence-electron chi connectivity index (χ1n) is 6.47. The summed E-state index contributed by atoms with van der Waals surface area (Å²) in [4.78, 5) is 16.3. The molecule has 1 aliphatic rings. The van der Waals surface area contributed by atoms with Crippen molar-refractivity contribution in [2.24, 2.45) is 0 Å². The average Bonchev–Trinajstić information content (AvgIpc) is 2.68. The lowest BCUT2D eigenvalue weighted by Gasteiger charge is -2.27. The highest BCUT2D eigenvalue weighted by Gasteiger charge is 2.35. The average molecular weight is 392 g/mol. The van der Waals surface area contributed by atoms with E-state index in [1.165, 1.54) is 18.2 Å². The largest absolute Gasteiger partial charge is 0.391 e. The molecule has 1 N–H and O–H groups in total. The van der Waals surface area contributed by atoms with E-state index in [0.717, 1.165) is 0 Å². The molecule has 20 heavy (non-hydrogen) atoms. The van der Waals surface area contributed by atoms with Crippen LogP contribution < -0.4 is 0 Å². The Balaban J connectivity index is 2.22. The van der Waals surface area contributed by atoms with Gasteiger partial charge < -0.3 is 14.9 Å². The van der Waals surface area contributed by atoms with Gasteiger partial charge in [-0.05, 0) is 61.3 Å². The number of nitrogens with zero attached hydrogens (tertiary/aromatic N) is 2. The third-order valence-corrected chi connectivity index (χ3v) is 4.28. The lowest BCUT2D eigenvalue weighted by atomic mass is 10.1. The zero-order valence-corrected chi connectivity index (χ0v) is 13.7. The van der Waals surface area contributed by atoms with E-state index in [9.17, 15) is 14.3 Å². The van der Waals surface area contributed by atoms with Gasteiger partial charge in [0.05, 0.1) is 11.7 Å². The third kappa shape index (κ3) is 3.48. The summed E-state index contributed by atoms with van der Waals surface area (Å²) in [5.74, 6) is -0.491. The van der Waals surface area contributed by atoms with Crippen molar-refractivity contribution < 1.29 is 14.3 Å². The molecule has 0 bridgehead atoms. The predicted octanol–water partition coefficient (Wildman–Crippen LogP) is 1.57. The van der Waals surface area contributed by atoms with E-state index in [4.69, 9.17) is 0 Å². The van der Waals surface area contributed by atoms with E-state index in [-0.39, 0.29) is 17.8 Å². The molecule has 1 amide bonds. The molecule has 1 aliphatic heterocycles. The second kappa shape index (κ2) is 6.36. The molecule has 2 atom stereocenters. The van der Waals surface area contributed by atoms with Gasteiger partial charge in [0, 0.05) is 22.7 Å². The van der Waals surface area contributed by atoms with Gasteiger partial charge >= 0.3 is 0 Å². The number of β-amino-alcohol motifs (C(OH)–C–C–N with tert-alkyl or cyclic N) is 1. The summed E-state index contributed by atoms with van der Waals surface area (Å²) in [5, 5.41) is 9.82. The van der Waals surface area contributed by atoms with Crippen LogP contribution in [0.4, 0.5) is 4.39 Å². The van der Waals surface area contributed by atoms with Crippen LogP contribution in [0, 0.1) is 9.39 Å². The maximum atomic E-state index is 13.1. The molecular formula is C14H18FIN2O2. The zero-order valence-electron chi connectivity index (χ0n) is 11.5. The lowest BCUT2D eigenvalue weighted by Crippen LogP contribution is -2.41. The minimum Gasteiger partial charge on any atom is -0.391 e. The quantitative estimate of drug-likeness (QED) is 0.795. The van der Waals surface area contributed by atoms with Crippen LogP contribution in [0.15, 0.2) is 18.2 Å². The summed E-state index contributed by atoms with van der Waals surface area (Å²) in [6, 6.07) is 4.15. The van der Waals surface area contributed by atoms with Crippen LogP contribution >= 0.6 is 22.6 Å². The number of hydrogen-bond acceptors (Lipinski definition) is 3. The Morgan fingerprint density at radius 1 is 1.55 bits per heavy atom. The maximum Gasteiger partial charge on any atom is 0.255 e. The van der Waals surface area contributed by atoms with Crippen molar-refractivity contribution in [3.8, 4) is 0 Å². The fourth-order valence-electron chi connectivity index (χ4n) is 2.55. The van der Waals surface area contributed by atoms with E-state index in [2.05, 4.69) is 0 Å². The van der Waals surface area contributed by atoms with Gasteiger partial charge in [0.25, 0.3) is 5.91 Å². The standard InChI is InChI=1S/C14H18FIN2O2/c1-17(2)7-10-6-11(19)8-18(10)14(20)12-4-3-9(15)5-13(12)16/h3-5,10-11,19H,6-8H2,1-2H3. The molecule has 1 aromatic carbocycles. The van der Waals surface area contributed by atoms with E-state index < -0.39 is 6.10 Å². The van der Waals surface area contributed by atoms with Gasteiger partial charge in [-0.2, -0.15) is 0 Å². The minimum atomic E-state index is -0.484. The number of carbonyl (C=O) groups excluding carboxylic acids is 1.